The molecule has 0 fully saturated rings. The van der Waals surface area contributed by atoms with E-state index >= 15 is 0 Å². The molecule has 2 atom stereocenters. The van der Waals surface area contributed by atoms with Gasteiger partial charge in [-0.15, -0.1) is 0 Å². The number of methoxy groups -OCH3 is 2. The third-order valence-corrected chi connectivity index (χ3v) is 7.13. The van der Waals surface area contributed by atoms with Gasteiger partial charge in [0.1, 0.15) is 0 Å². The number of nitrogens with one attached hydrogen (secondary N) is 1. The van der Waals surface area contributed by atoms with Gasteiger partial charge >= 0.3 is 5.97 Å². The SMILES string of the molecule is CCOC(=O)C1=C(C)N=C2SC=C(CC(=O)N[C@@H](C)c3ccccc3)N2[C@@H]1c1cccc(OC)c1OC. The molecule has 0 aliphatic carbocycles. The summed E-state index contributed by atoms with van der Waals surface area (Å²) in [5, 5.41) is 5.66. The fourth-order valence-corrected chi connectivity index (χ4v) is 5.51. The Morgan fingerprint density at radius 1 is 1.11 bits per heavy atom. The molecule has 1 N–H and O–H groups in total. The Labute approximate surface area is 221 Å². The summed E-state index contributed by atoms with van der Waals surface area (Å²) < 4.78 is 16.7. The van der Waals surface area contributed by atoms with Gasteiger partial charge in [-0.2, -0.15) is 0 Å². The number of amides is 1. The van der Waals surface area contributed by atoms with Crippen molar-refractivity contribution in [2.45, 2.75) is 39.3 Å². The Bertz CT molecular complexity index is 1270. The van der Waals surface area contributed by atoms with E-state index in [-0.39, 0.29) is 25.0 Å². The van der Waals surface area contributed by atoms with Gasteiger partial charge in [-0.3, -0.25) is 4.79 Å². The van der Waals surface area contributed by atoms with Crippen LogP contribution in [0, 0.1) is 0 Å². The van der Waals surface area contributed by atoms with Crippen LogP contribution < -0.4 is 14.8 Å². The normalized spacial score (nSPS) is 17.4. The Morgan fingerprint density at radius 3 is 2.54 bits per heavy atom. The van der Waals surface area contributed by atoms with E-state index < -0.39 is 12.0 Å². The number of hydrogen-bond donors (Lipinski definition) is 1. The zero-order chi connectivity index (χ0) is 26.5. The number of carbonyl (C=O) groups is 2. The number of fused-ring (bicyclic) bond motifs is 1. The second-order valence-electron chi connectivity index (χ2n) is 8.57. The van der Waals surface area contributed by atoms with Crippen LogP contribution in [0.25, 0.3) is 0 Å². The molecular formula is C28H31N3O5S. The van der Waals surface area contributed by atoms with Gasteiger partial charge in [0.2, 0.25) is 5.91 Å². The van der Waals surface area contributed by atoms with Gasteiger partial charge < -0.3 is 24.4 Å². The van der Waals surface area contributed by atoms with E-state index in [1.54, 1.807) is 34.1 Å². The average Bonchev–Trinajstić information content (AvgIpc) is 3.29. The summed E-state index contributed by atoms with van der Waals surface area (Å²) in [6.45, 7) is 5.74. The fourth-order valence-electron chi connectivity index (χ4n) is 4.54. The molecule has 1 amide bonds. The second kappa shape index (κ2) is 11.6. The fraction of sp³-hybridized carbons (Fsp3) is 0.321. The number of rotatable bonds is 9. The number of hydrogen-bond acceptors (Lipinski definition) is 8. The van der Waals surface area contributed by atoms with Crippen LogP contribution in [0.4, 0.5) is 0 Å². The quantitative estimate of drug-likeness (QED) is 0.459. The molecule has 2 aromatic carbocycles. The first-order valence-electron chi connectivity index (χ1n) is 12.1. The van der Waals surface area contributed by atoms with Gasteiger partial charge in [-0.1, -0.05) is 54.2 Å². The maximum absolute atomic E-state index is 13.2. The predicted octanol–water partition coefficient (Wildman–Crippen LogP) is 5.11. The largest absolute Gasteiger partial charge is 0.493 e. The van der Waals surface area contributed by atoms with Crippen LogP contribution >= 0.6 is 11.8 Å². The molecule has 0 aromatic heterocycles. The minimum atomic E-state index is -0.614. The zero-order valence-electron chi connectivity index (χ0n) is 21.6. The molecule has 194 valence electrons. The number of carbonyl (C=O) groups excluding carboxylic acids is 2. The summed E-state index contributed by atoms with van der Waals surface area (Å²) in [6, 6.07) is 14.6. The molecular weight excluding hydrogens is 490 g/mol. The highest BCUT2D eigenvalue weighted by Gasteiger charge is 2.42. The zero-order valence-corrected chi connectivity index (χ0v) is 22.4. The van der Waals surface area contributed by atoms with Crippen LogP contribution in [-0.2, 0) is 14.3 Å². The van der Waals surface area contributed by atoms with Crippen molar-refractivity contribution < 1.29 is 23.8 Å². The number of allylic oxidation sites excluding steroid dienone is 1. The van der Waals surface area contributed by atoms with E-state index in [0.717, 1.165) is 11.3 Å². The van der Waals surface area contributed by atoms with Crippen LogP contribution in [0.5, 0.6) is 11.5 Å². The Hall–Kier alpha value is -3.72. The maximum Gasteiger partial charge on any atom is 0.338 e. The monoisotopic (exact) mass is 521 g/mol. The van der Waals surface area contributed by atoms with Crippen LogP contribution in [0.1, 0.15) is 50.4 Å². The molecule has 2 aromatic rings. The summed E-state index contributed by atoms with van der Waals surface area (Å²) in [5.74, 6) is 0.446. The molecule has 0 spiro atoms. The van der Waals surface area contributed by atoms with E-state index in [9.17, 15) is 9.59 Å². The first-order chi connectivity index (χ1) is 17.9. The van der Waals surface area contributed by atoms with Gasteiger partial charge in [0.15, 0.2) is 16.7 Å². The molecule has 4 rings (SSSR count). The van der Waals surface area contributed by atoms with Gasteiger partial charge in [-0.25, -0.2) is 9.79 Å². The van der Waals surface area contributed by atoms with Crippen molar-refractivity contribution in [2.75, 3.05) is 20.8 Å². The van der Waals surface area contributed by atoms with Crippen LogP contribution in [0.2, 0.25) is 0 Å². The van der Waals surface area contributed by atoms with E-state index in [2.05, 4.69) is 5.32 Å². The van der Waals surface area contributed by atoms with Crippen molar-refractivity contribution in [3.05, 3.63) is 82.0 Å². The molecule has 2 aliphatic rings. The Balaban J connectivity index is 1.70. The van der Waals surface area contributed by atoms with Crippen molar-refractivity contribution in [3.8, 4) is 11.5 Å². The molecule has 37 heavy (non-hydrogen) atoms. The van der Waals surface area contributed by atoms with E-state index in [1.165, 1.54) is 11.8 Å². The first-order valence-corrected chi connectivity index (χ1v) is 12.9. The third-order valence-electron chi connectivity index (χ3n) is 6.24. The number of esters is 1. The lowest BCUT2D eigenvalue weighted by molar-refractivity contribution is -0.139. The number of nitrogens with zero attached hydrogens (tertiary/aromatic N) is 2. The minimum absolute atomic E-state index is 0.112. The molecule has 0 bridgehead atoms. The molecule has 8 nitrogen and oxygen atoms in total. The summed E-state index contributed by atoms with van der Waals surface area (Å²) in [7, 11) is 3.13. The summed E-state index contributed by atoms with van der Waals surface area (Å²) in [6.07, 6.45) is 0.112. The molecule has 2 heterocycles. The smallest absolute Gasteiger partial charge is 0.338 e. The molecule has 2 aliphatic heterocycles. The maximum atomic E-state index is 13.2. The topological polar surface area (TPSA) is 89.5 Å². The highest BCUT2D eigenvalue weighted by atomic mass is 32.2. The van der Waals surface area contributed by atoms with Crippen molar-refractivity contribution in [2.24, 2.45) is 4.99 Å². The highest BCUT2D eigenvalue weighted by Crippen LogP contribution is 2.48. The number of aliphatic imine (C=N–C) groups is 1. The molecule has 9 heteroatoms. The molecule has 0 unspecified atom stereocenters. The lowest BCUT2D eigenvalue weighted by Crippen LogP contribution is -2.38. The summed E-state index contributed by atoms with van der Waals surface area (Å²) >= 11 is 1.42. The van der Waals surface area contributed by atoms with Gasteiger partial charge in [-0.05, 0) is 37.8 Å². The number of thioether (sulfide) groups is 1. The number of amidine groups is 1. The summed E-state index contributed by atoms with van der Waals surface area (Å²) in [5.41, 5.74) is 3.41. The van der Waals surface area contributed by atoms with E-state index in [0.29, 0.717) is 33.5 Å². The number of ether oxygens (including phenoxy) is 3. The molecule has 0 saturated heterocycles. The minimum Gasteiger partial charge on any atom is -0.493 e. The van der Waals surface area contributed by atoms with E-state index in [1.807, 2.05) is 59.7 Å². The number of para-hydroxylation sites is 1. The lowest BCUT2D eigenvalue weighted by Gasteiger charge is -2.37. The molecule has 0 saturated carbocycles. The summed E-state index contributed by atoms with van der Waals surface area (Å²) in [4.78, 5) is 33.0. The van der Waals surface area contributed by atoms with Gasteiger partial charge in [0.05, 0.1) is 50.6 Å². The number of benzene rings is 2. The molecule has 0 radical (unpaired) electrons. The van der Waals surface area contributed by atoms with Crippen LogP contribution in [0.15, 0.2) is 75.9 Å². The van der Waals surface area contributed by atoms with Crippen molar-refractivity contribution in [1.29, 1.82) is 0 Å². The average molecular weight is 522 g/mol. The third kappa shape index (κ3) is 5.36. The second-order valence-corrected chi connectivity index (χ2v) is 9.41. The predicted molar refractivity (Wildman–Crippen MR) is 144 cm³/mol. The first kappa shape index (κ1) is 26.3. The standard InChI is InChI=1S/C28H31N3O5S/c1-6-36-27(33)24-18(3)30-28-31(25(24)21-13-10-14-22(34-4)26(21)35-5)20(16-37-28)15-23(32)29-17(2)19-11-8-7-9-12-19/h7-14,16-17,25H,6,15H2,1-5H3,(H,29,32)/t17-,25+/m0/s1. The van der Waals surface area contributed by atoms with Crippen molar-refractivity contribution in [3.63, 3.8) is 0 Å². The van der Waals surface area contributed by atoms with Crippen molar-refractivity contribution in [1.82, 2.24) is 10.2 Å². The van der Waals surface area contributed by atoms with Crippen LogP contribution in [-0.4, -0.2) is 42.8 Å². The van der Waals surface area contributed by atoms with Crippen LogP contribution in [0.3, 0.4) is 0 Å². The van der Waals surface area contributed by atoms with Gasteiger partial charge in [0.25, 0.3) is 0 Å². The lowest BCUT2D eigenvalue weighted by atomic mass is 9.92. The van der Waals surface area contributed by atoms with Gasteiger partial charge in [0, 0.05) is 11.3 Å². The van der Waals surface area contributed by atoms with E-state index in [4.69, 9.17) is 19.2 Å². The Kier molecular flexibility index (Phi) is 8.23. The Morgan fingerprint density at radius 2 is 1.86 bits per heavy atom. The highest BCUT2D eigenvalue weighted by molar-refractivity contribution is 8.16. The van der Waals surface area contributed by atoms with Crippen molar-refractivity contribution >= 4 is 28.8 Å².